The third-order valence-electron chi connectivity index (χ3n) is 5.57. The van der Waals surface area contributed by atoms with Crippen molar-refractivity contribution in [1.82, 2.24) is 15.0 Å². The van der Waals surface area contributed by atoms with Crippen LogP contribution in [-0.4, -0.2) is 47.3 Å². The van der Waals surface area contributed by atoms with Gasteiger partial charge in [-0.15, -0.1) is 0 Å². The summed E-state index contributed by atoms with van der Waals surface area (Å²) in [5.74, 6) is 1.76. The van der Waals surface area contributed by atoms with E-state index in [-0.39, 0.29) is 0 Å². The van der Waals surface area contributed by atoms with E-state index in [2.05, 4.69) is 14.9 Å². The van der Waals surface area contributed by atoms with Crippen molar-refractivity contribution in [3.05, 3.63) is 41.7 Å². The molecule has 1 atom stereocenters. The number of aromatic nitrogens is 3. The fourth-order valence-electron chi connectivity index (χ4n) is 4.08. The summed E-state index contributed by atoms with van der Waals surface area (Å²) in [6, 6.07) is 7.92. The Bertz CT molecular complexity index is 1000. The van der Waals surface area contributed by atoms with Gasteiger partial charge in [0.2, 0.25) is 0 Å². The summed E-state index contributed by atoms with van der Waals surface area (Å²) in [7, 11) is 0. The molecule has 0 bridgehead atoms. The second-order valence-electron chi connectivity index (χ2n) is 7.45. The van der Waals surface area contributed by atoms with Gasteiger partial charge in [0.25, 0.3) is 0 Å². The van der Waals surface area contributed by atoms with Crippen LogP contribution in [0, 0.1) is 0 Å². The monoisotopic (exact) mass is 397 g/mol. The van der Waals surface area contributed by atoms with E-state index in [1.165, 1.54) is 12.8 Å². The highest BCUT2D eigenvalue weighted by Crippen LogP contribution is 2.35. The fraction of sp³-hybridized carbons (Fsp3) is 0.381. The number of hydrogen-bond donors (Lipinski definition) is 0. The maximum Gasteiger partial charge on any atom is 0.129 e. The molecule has 0 amide bonds. The second-order valence-corrected chi connectivity index (χ2v) is 7.86. The number of halogens is 2. The number of nitrogens with zero attached hydrogens (tertiary/aromatic N) is 5. The molecule has 1 unspecified atom stereocenters. The van der Waals surface area contributed by atoms with E-state index >= 15 is 0 Å². The number of fused-ring (bicyclic) bond motifs is 1. The smallest absolute Gasteiger partial charge is 0.129 e. The molecule has 0 aliphatic carbocycles. The van der Waals surface area contributed by atoms with Gasteiger partial charge in [0, 0.05) is 43.2 Å². The number of pyridine rings is 3. The van der Waals surface area contributed by atoms with Gasteiger partial charge in [-0.2, -0.15) is 0 Å². The largest absolute Gasteiger partial charge is 0.357 e. The Morgan fingerprint density at radius 1 is 0.929 bits per heavy atom. The maximum absolute atomic E-state index is 13.6. The molecule has 0 aromatic carbocycles. The predicted octanol–water partition coefficient (Wildman–Crippen LogP) is 4.49. The molecule has 7 heteroatoms. The normalized spacial score (nSPS) is 19.7. The second kappa shape index (κ2) is 7.17. The third-order valence-corrected chi connectivity index (χ3v) is 5.86. The van der Waals surface area contributed by atoms with Crippen molar-refractivity contribution in [3.8, 4) is 11.1 Å². The van der Waals surface area contributed by atoms with Gasteiger partial charge in [0.05, 0.1) is 17.1 Å². The van der Waals surface area contributed by atoms with Crippen LogP contribution in [-0.2, 0) is 0 Å². The Balaban J connectivity index is 1.56. The van der Waals surface area contributed by atoms with Crippen LogP contribution in [0.25, 0.3) is 22.2 Å². The highest BCUT2D eigenvalue weighted by Gasteiger charge is 2.23. The van der Waals surface area contributed by atoms with Gasteiger partial charge in [0.15, 0.2) is 0 Å². The molecule has 0 N–H and O–H groups in total. The number of rotatable bonds is 3. The van der Waals surface area contributed by atoms with Crippen LogP contribution < -0.4 is 9.80 Å². The lowest BCUT2D eigenvalue weighted by molar-refractivity contribution is 0.364. The molecule has 0 spiro atoms. The Labute approximate surface area is 168 Å². The third kappa shape index (κ3) is 3.15. The molecule has 0 radical (unpaired) electrons. The molecule has 5 nitrogen and oxygen atoms in total. The summed E-state index contributed by atoms with van der Waals surface area (Å²) in [5, 5.41) is 0.540. The molecule has 5 rings (SSSR count). The van der Waals surface area contributed by atoms with Crippen LogP contribution in [0.1, 0.15) is 19.3 Å². The standard InChI is InChI=1S/C21H21ClFN5/c22-16-12-24-17-4-6-19(28-10-7-15(23)13-28)26-21(17)20(16)14-3-5-18(25-11-14)27-8-1-2-9-27/h3-6,11-12,15H,1-2,7-10,13H2. The van der Waals surface area contributed by atoms with E-state index in [1.807, 2.05) is 35.4 Å². The molecule has 2 aliphatic heterocycles. The Morgan fingerprint density at radius 3 is 2.46 bits per heavy atom. The number of anilines is 2. The zero-order chi connectivity index (χ0) is 19.1. The summed E-state index contributed by atoms with van der Waals surface area (Å²) in [5.41, 5.74) is 3.23. The summed E-state index contributed by atoms with van der Waals surface area (Å²) in [6.45, 7) is 3.17. The minimum Gasteiger partial charge on any atom is -0.357 e. The van der Waals surface area contributed by atoms with Crippen molar-refractivity contribution in [2.75, 3.05) is 36.0 Å². The molecule has 144 valence electrons. The van der Waals surface area contributed by atoms with Gasteiger partial charge in [-0.1, -0.05) is 11.6 Å². The Morgan fingerprint density at radius 2 is 1.75 bits per heavy atom. The first kappa shape index (κ1) is 17.6. The lowest BCUT2D eigenvalue weighted by Gasteiger charge is -2.18. The van der Waals surface area contributed by atoms with Gasteiger partial charge in [-0.3, -0.25) is 4.98 Å². The van der Waals surface area contributed by atoms with Crippen LogP contribution in [0.2, 0.25) is 5.02 Å². The Hall–Kier alpha value is -2.47. The highest BCUT2D eigenvalue weighted by atomic mass is 35.5. The van der Waals surface area contributed by atoms with Gasteiger partial charge < -0.3 is 9.80 Å². The first-order chi connectivity index (χ1) is 13.7. The van der Waals surface area contributed by atoms with E-state index in [0.717, 1.165) is 46.9 Å². The number of hydrogen-bond acceptors (Lipinski definition) is 5. The van der Waals surface area contributed by atoms with Crippen molar-refractivity contribution in [2.45, 2.75) is 25.4 Å². The average molecular weight is 398 g/mol. The Kier molecular flexibility index (Phi) is 4.51. The van der Waals surface area contributed by atoms with Crippen molar-refractivity contribution >= 4 is 34.3 Å². The average Bonchev–Trinajstić information content (AvgIpc) is 3.40. The summed E-state index contributed by atoms with van der Waals surface area (Å²) < 4.78 is 13.6. The van der Waals surface area contributed by atoms with Gasteiger partial charge in [-0.25, -0.2) is 14.4 Å². The molecular weight excluding hydrogens is 377 g/mol. The zero-order valence-corrected chi connectivity index (χ0v) is 16.2. The fourth-order valence-corrected chi connectivity index (χ4v) is 4.32. The van der Waals surface area contributed by atoms with Crippen molar-refractivity contribution in [3.63, 3.8) is 0 Å². The minimum absolute atomic E-state index is 0.383. The van der Waals surface area contributed by atoms with E-state index in [9.17, 15) is 4.39 Å². The summed E-state index contributed by atoms with van der Waals surface area (Å²) in [4.78, 5) is 18.1. The van der Waals surface area contributed by atoms with Gasteiger partial charge >= 0.3 is 0 Å². The van der Waals surface area contributed by atoms with Crippen LogP contribution in [0.4, 0.5) is 16.0 Å². The topological polar surface area (TPSA) is 45.2 Å². The predicted molar refractivity (Wildman–Crippen MR) is 111 cm³/mol. The molecule has 0 saturated carbocycles. The van der Waals surface area contributed by atoms with Crippen molar-refractivity contribution < 1.29 is 4.39 Å². The van der Waals surface area contributed by atoms with Gasteiger partial charge in [0.1, 0.15) is 23.3 Å². The zero-order valence-electron chi connectivity index (χ0n) is 15.5. The molecule has 2 saturated heterocycles. The van der Waals surface area contributed by atoms with E-state index in [0.29, 0.717) is 24.5 Å². The van der Waals surface area contributed by atoms with Gasteiger partial charge in [-0.05, 0) is 43.5 Å². The lowest BCUT2D eigenvalue weighted by Crippen LogP contribution is -2.21. The van der Waals surface area contributed by atoms with E-state index < -0.39 is 6.17 Å². The lowest BCUT2D eigenvalue weighted by atomic mass is 10.1. The van der Waals surface area contributed by atoms with Crippen LogP contribution >= 0.6 is 11.6 Å². The highest BCUT2D eigenvalue weighted by molar-refractivity contribution is 6.34. The molecule has 5 heterocycles. The molecule has 2 fully saturated rings. The molecular formula is C21H21ClFN5. The summed E-state index contributed by atoms with van der Waals surface area (Å²) in [6.07, 6.45) is 5.69. The number of alkyl halides is 1. The van der Waals surface area contributed by atoms with Crippen molar-refractivity contribution in [1.29, 1.82) is 0 Å². The first-order valence-electron chi connectivity index (χ1n) is 9.75. The van der Waals surface area contributed by atoms with Crippen LogP contribution in [0.15, 0.2) is 36.7 Å². The SMILES string of the molecule is FC1CCN(c2ccc3ncc(Cl)c(-c4ccc(N5CCCC5)nc4)c3n2)C1. The van der Waals surface area contributed by atoms with Crippen molar-refractivity contribution in [2.24, 2.45) is 0 Å². The minimum atomic E-state index is -0.795. The molecule has 3 aromatic rings. The van der Waals surface area contributed by atoms with E-state index in [4.69, 9.17) is 16.6 Å². The molecule has 3 aromatic heterocycles. The molecule has 2 aliphatic rings. The molecule has 28 heavy (non-hydrogen) atoms. The maximum atomic E-state index is 13.6. The van der Waals surface area contributed by atoms with E-state index in [1.54, 1.807) is 6.20 Å². The van der Waals surface area contributed by atoms with Crippen LogP contribution in [0.5, 0.6) is 0 Å². The summed E-state index contributed by atoms with van der Waals surface area (Å²) >= 11 is 6.53. The first-order valence-corrected chi connectivity index (χ1v) is 10.1. The van der Waals surface area contributed by atoms with Crippen LogP contribution in [0.3, 0.4) is 0 Å². The quantitative estimate of drug-likeness (QED) is 0.651.